The standard InChI is InChI=1S/C12H16ClN3/c1-8-11-7-10(13)6-9(4-5-14-2)12(11)16(3)15-8/h6-7,14H,4-5H2,1-3H3. The molecule has 3 nitrogen and oxygen atoms in total. The monoisotopic (exact) mass is 237 g/mol. The highest BCUT2D eigenvalue weighted by molar-refractivity contribution is 6.31. The van der Waals surface area contributed by atoms with Crippen molar-refractivity contribution in [2.24, 2.45) is 7.05 Å². The first-order valence-corrected chi connectivity index (χ1v) is 5.77. The highest BCUT2D eigenvalue weighted by atomic mass is 35.5. The minimum atomic E-state index is 0.787. The predicted molar refractivity (Wildman–Crippen MR) is 68.1 cm³/mol. The lowest BCUT2D eigenvalue weighted by Gasteiger charge is -2.06. The molecule has 1 aromatic carbocycles. The van der Waals surface area contributed by atoms with Crippen LogP contribution in [0.4, 0.5) is 0 Å². The van der Waals surface area contributed by atoms with Crippen molar-refractivity contribution in [1.29, 1.82) is 0 Å². The summed E-state index contributed by atoms with van der Waals surface area (Å²) in [6.07, 6.45) is 0.965. The molecule has 0 saturated carbocycles. The number of hydrogen-bond donors (Lipinski definition) is 1. The van der Waals surface area contributed by atoms with E-state index >= 15 is 0 Å². The zero-order chi connectivity index (χ0) is 11.7. The number of nitrogens with one attached hydrogen (secondary N) is 1. The van der Waals surface area contributed by atoms with E-state index < -0.39 is 0 Å². The van der Waals surface area contributed by atoms with Crippen LogP contribution in [0.15, 0.2) is 12.1 Å². The van der Waals surface area contributed by atoms with E-state index in [9.17, 15) is 0 Å². The lowest BCUT2D eigenvalue weighted by Crippen LogP contribution is -2.11. The maximum atomic E-state index is 6.13. The van der Waals surface area contributed by atoms with Gasteiger partial charge in [0.1, 0.15) is 0 Å². The fraction of sp³-hybridized carbons (Fsp3) is 0.417. The Hall–Kier alpha value is -1.06. The van der Waals surface area contributed by atoms with E-state index in [0.717, 1.165) is 29.1 Å². The predicted octanol–water partition coefficient (Wildman–Crippen LogP) is 2.30. The molecule has 2 aromatic rings. The van der Waals surface area contributed by atoms with Crippen molar-refractivity contribution < 1.29 is 0 Å². The number of fused-ring (bicyclic) bond motifs is 1. The van der Waals surface area contributed by atoms with Gasteiger partial charge in [-0.3, -0.25) is 4.68 Å². The van der Waals surface area contributed by atoms with E-state index in [1.807, 2.05) is 37.8 Å². The van der Waals surface area contributed by atoms with E-state index in [1.165, 1.54) is 11.1 Å². The summed E-state index contributed by atoms with van der Waals surface area (Å²) in [7, 11) is 3.93. The van der Waals surface area contributed by atoms with E-state index in [1.54, 1.807) is 0 Å². The Bertz CT molecular complexity index is 516. The zero-order valence-electron chi connectivity index (χ0n) is 9.84. The van der Waals surface area contributed by atoms with Crippen molar-refractivity contribution in [3.05, 3.63) is 28.4 Å². The molecule has 0 aliphatic rings. The van der Waals surface area contributed by atoms with Crippen LogP contribution in [0.1, 0.15) is 11.3 Å². The molecule has 1 N–H and O–H groups in total. The molecule has 0 radical (unpaired) electrons. The number of aromatic nitrogens is 2. The van der Waals surface area contributed by atoms with Crippen LogP contribution in [0, 0.1) is 6.92 Å². The van der Waals surface area contributed by atoms with Crippen LogP contribution in [-0.2, 0) is 13.5 Å². The number of hydrogen-bond acceptors (Lipinski definition) is 2. The summed E-state index contributed by atoms with van der Waals surface area (Å²) in [4.78, 5) is 0. The van der Waals surface area contributed by atoms with Gasteiger partial charge >= 0.3 is 0 Å². The molecule has 4 heteroatoms. The van der Waals surface area contributed by atoms with Gasteiger partial charge in [0.05, 0.1) is 11.2 Å². The molecule has 2 rings (SSSR count). The Morgan fingerprint density at radius 3 is 2.88 bits per heavy atom. The molecule has 86 valence electrons. The maximum absolute atomic E-state index is 6.13. The number of likely N-dealkylation sites (N-methyl/N-ethyl adjacent to an activating group) is 1. The number of nitrogens with zero attached hydrogens (tertiary/aromatic N) is 2. The van der Waals surface area contributed by atoms with Crippen molar-refractivity contribution in [1.82, 2.24) is 15.1 Å². The first kappa shape index (κ1) is 11.4. The number of aryl methyl sites for hydroxylation is 2. The molecule has 0 saturated heterocycles. The van der Waals surface area contributed by atoms with Crippen molar-refractivity contribution in [3.63, 3.8) is 0 Å². The first-order chi connectivity index (χ1) is 7.63. The van der Waals surface area contributed by atoms with Crippen LogP contribution in [0.2, 0.25) is 5.02 Å². The summed E-state index contributed by atoms with van der Waals surface area (Å²) < 4.78 is 1.94. The van der Waals surface area contributed by atoms with Gasteiger partial charge in [-0.15, -0.1) is 0 Å². The minimum absolute atomic E-state index is 0.787. The van der Waals surface area contributed by atoms with Crippen LogP contribution in [0.25, 0.3) is 10.9 Å². The maximum Gasteiger partial charge on any atom is 0.0715 e. The van der Waals surface area contributed by atoms with Crippen molar-refractivity contribution in [2.45, 2.75) is 13.3 Å². The van der Waals surface area contributed by atoms with E-state index in [0.29, 0.717) is 0 Å². The van der Waals surface area contributed by atoms with Gasteiger partial charge in [0.15, 0.2) is 0 Å². The normalized spacial score (nSPS) is 11.2. The Labute approximate surface area is 100 Å². The lowest BCUT2D eigenvalue weighted by molar-refractivity contribution is 0.764. The molecule has 0 fully saturated rings. The smallest absolute Gasteiger partial charge is 0.0715 e. The van der Waals surface area contributed by atoms with Crippen molar-refractivity contribution >= 4 is 22.5 Å². The zero-order valence-corrected chi connectivity index (χ0v) is 10.6. The van der Waals surface area contributed by atoms with Gasteiger partial charge in [-0.1, -0.05) is 11.6 Å². The Morgan fingerprint density at radius 2 is 2.19 bits per heavy atom. The fourth-order valence-corrected chi connectivity index (χ4v) is 2.33. The highest BCUT2D eigenvalue weighted by Crippen LogP contribution is 2.26. The Kier molecular flexibility index (Phi) is 3.17. The molecule has 0 aliphatic carbocycles. The third-order valence-electron chi connectivity index (χ3n) is 2.81. The quantitative estimate of drug-likeness (QED) is 0.888. The number of halogens is 1. The summed E-state index contributed by atoms with van der Waals surface area (Å²) in [6, 6.07) is 4.02. The first-order valence-electron chi connectivity index (χ1n) is 5.40. The van der Waals surface area contributed by atoms with Gasteiger partial charge in [0.2, 0.25) is 0 Å². The molecule has 0 unspecified atom stereocenters. The Morgan fingerprint density at radius 1 is 1.44 bits per heavy atom. The minimum Gasteiger partial charge on any atom is -0.319 e. The number of benzene rings is 1. The molecular formula is C12H16ClN3. The second kappa shape index (κ2) is 4.44. The molecule has 1 heterocycles. The third kappa shape index (κ3) is 1.93. The molecule has 0 aliphatic heterocycles. The lowest BCUT2D eigenvalue weighted by atomic mass is 10.1. The van der Waals surface area contributed by atoms with Gasteiger partial charge in [0.25, 0.3) is 0 Å². The van der Waals surface area contributed by atoms with Crippen LogP contribution < -0.4 is 5.32 Å². The fourth-order valence-electron chi connectivity index (χ4n) is 2.09. The van der Waals surface area contributed by atoms with Gasteiger partial charge in [-0.25, -0.2) is 0 Å². The van der Waals surface area contributed by atoms with Crippen LogP contribution >= 0.6 is 11.6 Å². The molecule has 0 spiro atoms. The second-order valence-electron chi connectivity index (χ2n) is 4.02. The topological polar surface area (TPSA) is 29.9 Å². The summed E-state index contributed by atoms with van der Waals surface area (Å²) in [6.45, 7) is 2.96. The molecule has 0 bridgehead atoms. The summed E-state index contributed by atoms with van der Waals surface area (Å²) >= 11 is 6.13. The van der Waals surface area contributed by atoms with Gasteiger partial charge < -0.3 is 5.32 Å². The van der Waals surface area contributed by atoms with Gasteiger partial charge in [0, 0.05) is 17.5 Å². The summed E-state index contributed by atoms with van der Waals surface area (Å²) in [5.74, 6) is 0. The van der Waals surface area contributed by atoms with Crippen molar-refractivity contribution in [3.8, 4) is 0 Å². The van der Waals surface area contributed by atoms with Gasteiger partial charge in [-0.2, -0.15) is 5.10 Å². The molecule has 0 atom stereocenters. The Balaban J connectivity index is 2.61. The highest BCUT2D eigenvalue weighted by Gasteiger charge is 2.10. The van der Waals surface area contributed by atoms with Gasteiger partial charge in [-0.05, 0) is 44.6 Å². The average Bonchev–Trinajstić information content (AvgIpc) is 2.51. The largest absolute Gasteiger partial charge is 0.319 e. The SMILES string of the molecule is CNCCc1cc(Cl)cc2c(C)nn(C)c12. The molecule has 0 amide bonds. The molecular weight excluding hydrogens is 222 g/mol. The summed E-state index contributed by atoms with van der Waals surface area (Å²) in [5.41, 5.74) is 3.47. The number of rotatable bonds is 3. The van der Waals surface area contributed by atoms with E-state index in [-0.39, 0.29) is 0 Å². The van der Waals surface area contributed by atoms with E-state index in [4.69, 9.17) is 11.6 Å². The van der Waals surface area contributed by atoms with Crippen molar-refractivity contribution in [2.75, 3.05) is 13.6 Å². The molecule has 1 aromatic heterocycles. The molecule has 16 heavy (non-hydrogen) atoms. The van der Waals surface area contributed by atoms with Crippen LogP contribution in [-0.4, -0.2) is 23.4 Å². The van der Waals surface area contributed by atoms with Crippen LogP contribution in [0.5, 0.6) is 0 Å². The average molecular weight is 238 g/mol. The van der Waals surface area contributed by atoms with E-state index in [2.05, 4.69) is 10.4 Å². The van der Waals surface area contributed by atoms with Crippen LogP contribution in [0.3, 0.4) is 0 Å². The third-order valence-corrected chi connectivity index (χ3v) is 3.03. The second-order valence-corrected chi connectivity index (χ2v) is 4.46. The summed E-state index contributed by atoms with van der Waals surface area (Å²) in [5, 5.41) is 9.53.